The summed E-state index contributed by atoms with van der Waals surface area (Å²) in [5.41, 5.74) is 50.1. The summed E-state index contributed by atoms with van der Waals surface area (Å²) in [4.78, 5) is 41.4. The predicted octanol–water partition coefficient (Wildman–Crippen LogP) is 26.5. The van der Waals surface area contributed by atoms with Crippen LogP contribution in [0.15, 0.2) is 206 Å². The second kappa shape index (κ2) is 25.9. The van der Waals surface area contributed by atoms with Crippen LogP contribution in [-0.2, 0) is 0 Å². The van der Waals surface area contributed by atoms with E-state index in [9.17, 15) is 0 Å². The van der Waals surface area contributed by atoms with Gasteiger partial charge in [0.2, 0.25) is 0 Å². The van der Waals surface area contributed by atoms with Gasteiger partial charge >= 0.3 is 0 Å². The molecule has 7 aromatic carbocycles. The average molecular weight is 1380 g/mol. The Morgan fingerprint density at radius 1 is 0.160 bits per heavy atom. The smallest absolute Gasteiger partial charge is 0.0769 e. The first kappa shape index (κ1) is 66.9. The number of allylic oxidation sites excluding steroid dienone is 8. The van der Waals surface area contributed by atoms with Crippen molar-refractivity contribution in [2.45, 2.75) is 111 Å². The van der Waals surface area contributed by atoms with E-state index in [0.717, 1.165) is 268 Å². The average Bonchev–Trinajstić information content (AvgIpc) is 1.57. The van der Waals surface area contributed by atoms with Crippen LogP contribution in [0.3, 0.4) is 0 Å². The molecule has 0 radical (unpaired) electrons. The van der Waals surface area contributed by atoms with Gasteiger partial charge in [-0.15, -0.1) is 0 Å². The van der Waals surface area contributed by atoms with Crippen molar-refractivity contribution in [3.05, 3.63) is 296 Å². The maximum Gasteiger partial charge on any atom is 0.0769 e. The number of hydrogen-bond acceptors (Lipinski definition) is 4. The summed E-state index contributed by atoms with van der Waals surface area (Å²) in [6.45, 7) is 36.3. The fraction of sp³-hybridized carbons (Fsp3) is 0.163. The van der Waals surface area contributed by atoms with Gasteiger partial charge in [0, 0.05) is 44.5 Å². The zero-order valence-corrected chi connectivity index (χ0v) is 63.4. The van der Waals surface area contributed by atoms with Crippen LogP contribution in [0.4, 0.5) is 0 Å². The minimum Gasteiger partial charge on any atom is -0.354 e. The van der Waals surface area contributed by atoms with Gasteiger partial charge < -0.3 is 19.9 Å². The maximum atomic E-state index is 6.22. The lowest BCUT2D eigenvalue weighted by molar-refractivity contribution is 1.28. The molecule has 0 amide bonds. The highest BCUT2D eigenvalue weighted by atomic mass is 14.8. The maximum absolute atomic E-state index is 6.22. The van der Waals surface area contributed by atoms with Crippen molar-refractivity contribution in [2.75, 3.05) is 0 Å². The number of fused-ring (bicyclic) bond motifs is 16. The van der Waals surface area contributed by atoms with Crippen molar-refractivity contribution >= 4 is 88.7 Å². The molecule has 8 nitrogen and oxygen atoms in total. The van der Waals surface area contributed by atoms with E-state index in [1.807, 2.05) is 0 Å². The zero-order chi connectivity index (χ0) is 73.4. The van der Waals surface area contributed by atoms with Crippen LogP contribution in [0.5, 0.6) is 0 Å². The van der Waals surface area contributed by atoms with E-state index in [1.165, 1.54) is 0 Å². The van der Waals surface area contributed by atoms with Gasteiger partial charge in [-0.1, -0.05) is 206 Å². The lowest BCUT2D eigenvalue weighted by Gasteiger charge is -2.16. The van der Waals surface area contributed by atoms with E-state index < -0.39 is 0 Å². The zero-order valence-electron chi connectivity index (χ0n) is 63.4. The normalized spacial score (nSPS) is 13.1. The molecule has 6 aromatic heterocycles. The first-order valence-corrected chi connectivity index (χ1v) is 37.1. The van der Waals surface area contributed by atoms with Crippen LogP contribution in [-0.4, -0.2) is 39.9 Å². The molecule has 106 heavy (non-hydrogen) atoms. The Kier molecular flexibility index (Phi) is 16.3. The third-order valence-electron chi connectivity index (χ3n) is 24.0. The molecule has 4 aliphatic rings. The van der Waals surface area contributed by atoms with Gasteiger partial charge in [-0.05, 0) is 244 Å². The molecule has 13 aromatic rings. The van der Waals surface area contributed by atoms with Crippen molar-refractivity contribution in [3.63, 3.8) is 0 Å². The van der Waals surface area contributed by atoms with Gasteiger partial charge in [-0.2, -0.15) is 0 Å². The van der Waals surface area contributed by atoms with Crippen molar-refractivity contribution in [3.8, 4) is 89.0 Å². The van der Waals surface area contributed by atoms with Crippen LogP contribution in [0, 0.1) is 55.4 Å². The molecule has 0 saturated heterocycles. The number of aromatic amines is 4. The van der Waals surface area contributed by atoms with Crippen molar-refractivity contribution in [1.82, 2.24) is 39.9 Å². The molecule has 0 saturated carbocycles. The molecule has 518 valence electrons. The van der Waals surface area contributed by atoms with Crippen molar-refractivity contribution < 1.29 is 0 Å². The summed E-state index contributed by atoms with van der Waals surface area (Å²) in [5, 5.41) is 0. The van der Waals surface area contributed by atoms with E-state index in [4.69, 9.17) is 19.9 Å². The predicted molar refractivity (Wildman–Crippen MR) is 450 cm³/mol. The van der Waals surface area contributed by atoms with Crippen LogP contribution < -0.4 is 0 Å². The Morgan fingerprint density at radius 3 is 0.453 bits per heavy atom. The summed E-state index contributed by atoms with van der Waals surface area (Å²) in [7, 11) is 0. The highest BCUT2D eigenvalue weighted by Gasteiger charge is 2.33. The summed E-state index contributed by atoms with van der Waals surface area (Å²) in [5.74, 6) is 0. The van der Waals surface area contributed by atoms with Gasteiger partial charge in [0.1, 0.15) is 0 Å². The largest absolute Gasteiger partial charge is 0.354 e. The molecular formula is C98H86N8. The van der Waals surface area contributed by atoms with Crippen LogP contribution >= 0.6 is 0 Å². The molecule has 8 heteroatoms. The quantitative estimate of drug-likeness (QED) is 0.121. The van der Waals surface area contributed by atoms with Crippen molar-refractivity contribution in [2.24, 2.45) is 0 Å². The number of rotatable bonds is 8. The first-order valence-electron chi connectivity index (χ1n) is 37.1. The Morgan fingerprint density at radius 2 is 0.292 bits per heavy atom. The number of H-pyrrole nitrogens is 4. The molecule has 4 aliphatic heterocycles. The number of aromatic nitrogens is 8. The number of benzene rings is 7. The summed E-state index contributed by atoms with van der Waals surface area (Å²) in [6.07, 6.45) is 0. The summed E-state index contributed by atoms with van der Waals surface area (Å²) >= 11 is 0. The summed E-state index contributed by atoms with van der Waals surface area (Å²) < 4.78 is 0. The van der Waals surface area contributed by atoms with Gasteiger partial charge in [0.15, 0.2) is 0 Å². The second-order valence-electron chi connectivity index (χ2n) is 29.5. The van der Waals surface area contributed by atoms with Crippen LogP contribution in [0.1, 0.15) is 145 Å². The molecule has 0 unspecified atom stereocenters. The monoisotopic (exact) mass is 1370 g/mol. The molecule has 0 atom stereocenters. The minimum absolute atomic E-state index is 0.886. The number of nitrogens with zero attached hydrogens (tertiary/aromatic N) is 4. The van der Waals surface area contributed by atoms with E-state index in [1.54, 1.807) is 0 Å². The number of aryl methyl sites for hydroxylation is 8. The van der Waals surface area contributed by atoms with E-state index in [2.05, 4.69) is 337 Å². The Bertz CT molecular complexity index is 5960. The molecular weight excluding hydrogens is 1290 g/mol. The first-order chi connectivity index (χ1) is 51.3. The van der Waals surface area contributed by atoms with Crippen LogP contribution in [0.25, 0.3) is 178 Å². The molecule has 0 spiro atoms. The Hall–Kier alpha value is -12.3. The Balaban J connectivity index is 1.11. The topological polar surface area (TPSA) is 115 Å². The van der Waals surface area contributed by atoms with Gasteiger partial charge in [-0.3, -0.25) is 0 Å². The fourth-order valence-corrected chi connectivity index (χ4v) is 16.9. The molecule has 16 bridgehead atoms. The van der Waals surface area contributed by atoms with E-state index in [-0.39, 0.29) is 0 Å². The van der Waals surface area contributed by atoms with E-state index in [0.29, 0.717) is 0 Å². The highest BCUT2D eigenvalue weighted by Crippen LogP contribution is 2.53. The Labute approximate surface area is 620 Å². The highest BCUT2D eigenvalue weighted by molar-refractivity contribution is 6.14. The summed E-state index contributed by atoms with van der Waals surface area (Å²) in [6, 6.07) is 74.2. The molecule has 0 fully saturated rings. The van der Waals surface area contributed by atoms with Crippen molar-refractivity contribution in [1.29, 1.82) is 0 Å². The standard InChI is InChI=1S/C98H86N8/c1-51-55(5)87-77(69-41-27-19-28-42-69)91-59(9)63(13)95(103-91)81(96-64(14)60(10)92(104-96)78(70-43-29-20-30-44-70)88-56(6)52(2)84(100-88)75(83(51)99-87)67-37-23-17-24-38-67)73-49-35-36-50-74(73)82-97-65(15)61(11)93(105-97)79(71-45-31-21-32-46-71)89-57(7)53(3)85(101-89)76(68-39-25-18-26-40-68)86-54(4)58(8)90(102-86)80(72-47-33-22-34-48-72)94-62(12)66(16)98(82)106-94/h17-50,99,101,104,106H,1-16H3. The lowest BCUT2D eigenvalue weighted by atomic mass is 9.88. The fourth-order valence-electron chi connectivity index (χ4n) is 16.9. The third-order valence-corrected chi connectivity index (χ3v) is 24.0. The molecule has 4 N–H and O–H groups in total. The molecule has 17 rings (SSSR count). The van der Waals surface area contributed by atoms with Crippen LogP contribution in [0.2, 0.25) is 0 Å². The number of hydrogen-bond donors (Lipinski definition) is 4. The van der Waals surface area contributed by atoms with Gasteiger partial charge in [0.05, 0.1) is 89.7 Å². The van der Waals surface area contributed by atoms with Gasteiger partial charge in [0.25, 0.3) is 0 Å². The molecule has 10 heterocycles. The SMILES string of the molecule is CC1=C(C)c2nc1c(-c1ccccc1)c1[nH]c(c(C)c1C)c(-c1ccccc1)c1nc(c(-c3ccccc3-c3c4nc(c(-c5ccccc5)c5[nH]c(c(C)c5C)c(-c5ccccc5)c5nc(c(-c6ccccc6)c6[nH]c3c(C)c6C)C(C)=C5C)C(C)=C4C)c3[nH]c(c(C)c3C)c2-c2ccccc2)C(C)=C1C. The molecule has 0 aliphatic carbocycles. The van der Waals surface area contributed by atoms with Gasteiger partial charge in [-0.25, -0.2) is 19.9 Å². The minimum atomic E-state index is 0.886. The second-order valence-corrected chi connectivity index (χ2v) is 29.5. The van der Waals surface area contributed by atoms with E-state index >= 15 is 0 Å². The lowest BCUT2D eigenvalue weighted by Crippen LogP contribution is -1.96. The number of nitrogens with one attached hydrogen (secondary N) is 4. The third kappa shape index (κ3) is 10.3.